The Morgan fingerprint density at radius 1 is 1.11 bits per heavy atom. The predicted molar refractivity (Wildman–Crippen MR) is 134 cm³/mol. The Labute approximate surface area is 206 Å². The van der Waals surface area contributed by atoms with Crippen molar-refractivity contribution in [3.8, 4) is 17.3 Å². The van der Waals surface area contributed by atoms with Crippen molar-refractivity contribution >= 4 is 22.6 Å². The van der Waals surface area contributed by atoms with Gasteiger partial charge in [0.15, 0.2) is 0 Å². The number of fused-ring (bicyclic) bond motifs is 1. The fourth-order valence-corrected chi connectivity index (χ4v) is 3.77. The van der Waals surface area contributed by atoms with Gasteiger partial charge >= 0.3 is 0 Å². The van der Waals surface area contributed by atoms with Gasteiger partial charge in [-0.25, -0.2) is 4.98 Å². The van der Waals surface area contributed by atoms with Crippen molar-refractivity contribution in [1.29, 1.82) is 0 Å². The van der Waals surface area contributed by atoms with E-state index in [-0.39, 0.29) is 17.6 Å². The van der Waals surface area contributed by atoms with E-state index in [1.54, 1.807) is 13.2 Å². The molecular formula is C26H35N5O4. The van der Waals surface area contributed by atoms with Crippen molar-refractivity contribution in [2.45, 2.75) is 57.9 Å². The summed E-state index contributed by atoms with van der Waals surface area (Å²) in [6.07, 6.45) is 4.74. The van der Waals surface area contributed by atoms with Crippen molar-refractivity contribution in [2.75, 3.05) is 27.7 Å². The second kappa shape index (κ2) is 12.9. The van der Waals surface area contributed by atoms with E-state index in [0.29, 0.717) is 49.6 Å². The molecule has 9 nitrogen and oxygen atoms in total. The van der Waals surface area contributed by atoms with Crippen LogP contribution >= 0.6 is 0 Å². The summed E-state index contributed by atoms with van der Waals surface area (Å²) in [6.45, 7) is 2.53. The molecule has 0 unspecified atom stereocenters. The van der Waals surface area contributed by atoms with Gasteiger partial charge in [-0.3, -0.25) is 9.59 Å². The van der Waals surface area contributed by atoms with Crippen molar-refractivity contribution in [3.05, 3.63) is 36.2 Å². The van der Waals surface area contributed by atoms with Crippen LogP contribution in [0.25, 0.3) is 22.5 Å². The van der Waals surface area contributed by atoms with E-state index < -0.39 is 6.04 Å². The van der Waals surface area contributed by atoms with Crippen LogP contribution in [0.2, 0.25) is 0 Å². The molecule has 0 bridgehead atoms. The average molecular weight is 482 g/mol. The molecule has 0 saturated carbocycles. The van der Waals surface area contributed by atoms with Gasteiger partial charge in [0.2, 0.25) is 11.8 Å². The number of ketones is 1. The number of aromatic nitrogens is 3. The summed E-state index contributed by atoms with van der Waals surface area (Å²) in [5.41, 5.74) is 1.27. The lowest BCUT2D eigenvalue weighted by molar-refractivity contribution is -0.122. The van der Waals surface area contributed by atoms with E-state index in [9.17, 15) is 9.59 Å². The van der Waals surface area contributed by atoms with Gasteiger partial charge in [0.05, 0.1) is 12.6 Å². The molecule has 0 radical (unpaired) electrons. The third-order valence-electron chi connectivity index (χ3n) is 5.82. The monoisotopic (exact) mass is 481 g/mol. The molecule has 0 saturated heterocycles. The molecule has 188 valence electrons. The fraction of sp³-hybridized carbons (Fsp3) is 0.500. The number of carbonyl (C=O) groups excluding carboxylic acids is 2. The van der Waals surface area contributed by atoms with Crippen LogP contribution in [0.4, 0.5) is 0 Å². The minimum Gasteiger partial charge on any atom is -0.496 e. The van der Waals surface area contributed by atoms with Crippen molar-refractivity contribution in [2.24, 2.45) is 0 Å². The molecule has 0 aliphatic heterocycles. The van der Waals surface area contributed by atoms with Gasteiger partial charge in [0.1, 0.15) is 23.3 Å². The number of Topliss-reactive ketones (excluding diaryl/α,β-unsaturated/α-hetero) is 1. The largest absolute Gasteiger partial charge is 0.496 e. The Morgan fingerprint density at radius 3 is 2.66 bits per heavy atom. The summed E-state index contributed by atoms with van der Waals surface area (Å²) in [4.78, 5) is 30.7. The number of ether oxygens (including phenoxy) is 1. The maximum Gasteiger partial charge on any atom is 0.266 e. The number of unbranched alkanes of at least 4 members (excludes halogenated alkanes) is 2. The molecule has 0 spiro atoms. The Hall–Kier alpha value is -3.33. The molecule has 3 aromatic rings. The van der Waals surface area contributed by atoms with Crippen LogP contribution in [-0.2, 0) is 9.59 Å². The number of carbonyl (C=O) groups is 2. The smallest absolute Gasteiger partial charge is 0.266 e. The van der Waals surface area contributed by atoms with E-state index >= 15 is 0 Å². The standard InChI is InChI=1S/C26H35N5O4/c1-5-18(32)11-7-6-8-14-21(28-24(33)15-16-31(2)3)25-29-30-26(35-25)22-17-23(34-4)19-12-9-10-13-20(19)27-22/h9-10,12-13,17,21H,5-8,11,14-16H2,1-4H3,(H,28,33)/t21-/m0/s1. The first-order chi connectivity index (χ1) is 16.9. The summed E-state index contributed by atoms with van der Waals surface area (Å²) in [6, 6.07) is 9.04. The van der Waals surface area contributed by atoms with Crippen molar-refractivity contribution in [3.63, 3.8) is 0 Å². The number of nitrogens with one attached hydrogen (secondary N) is 1. The SMILES string of the molecule is CCC(=O)CCCCC[C@H](NC(=O)CCN(C)C)c1nnc(-c2cc(OC)c3ccccc3n2)o1. The molecule has 3 rings (SSSR count). The van der Waals surface area contributed by atoms with Gasteiger partial charge in [-0.15, -0.1) is 10.2 Å². The predicted octanol–water partition coefficient (Wildman–Crippen LogP) is 4.33. The highest BCUT2D eigenvalue weighted by Gasteiger charge is 2.22. The summed E-state index contributed by atoms with van der Waals surface area (Å²) >= 11 is 0. The van der Waals surface area contributed by atoms with Gasteiger partial charge in [-0.1, -0.05) is 31.9 Å². The first kappa shape index (κ1) is 26.3. The number of pyridine rings is 1. The zero-order valence-electron chi connectivity index (χ0n) is 21.0. The number of benzene rings is 1. The topological polar surface area (TPSA) is 110 Å². The summed E-state index contributed by atoms with van der Waals surface area (Å²) in [7, 11) is 5.47. The molecule has 2 aromatic heterocycles. The fourth-order valence-electron chi connectivity index (χ4n) is 3.77. The molecule has 1 atom stereocenters. The molecule has 2 heterocycles. The molecule has 1 aromatic carbocycles. The minimum absolute atomic E-state index is 0.0740. The number of para-hydroxylation sites is 1. The summed E-state index contributed by atoms with van der Waals surface area (Å²) in [5, 5.41) is 12.4. The Balaban J connectivity index is 1.76. The van der Waals surface area contributed by atoms with Crippen LogP contribution in [0, 0.1) is 0 Å². The highest BCUT2D eigenvalue weighted by atomic mass is 16.5. The molecule has 35 heavy (non-hydrogen) atoms. The lowest BCUT2D eigenvalue weighted by Crippen LogP contribution is -2.31. The summed E-state index contributed by atoms with van der Waals surface area (Å²) < 4.78 is 11.5. The number of hydrogen-bond acceptors (Lipinski definition) is 8. The number of rotatable bonds is 14. The van der Waals surface area contributed by atoms with Crippen LogP contribution in [-0.4, -0.2) is 59.5 Å². The van der Waals surface area contributed by atoms with E-state index in [4.69, 9.17) is 9.15 Å². The van der Waals surface area contributed by atoms with E-state index in [0.717, 1.165) is 30.2 Å². The lowest BCUT2D eigenvalue weighted by Gasteiger charge is -2.16. The molecule has 1 amide bonds. The first-order valence-corrected chi connectivity index (χ1v) is 12.1. The number of amides is 1. The molecular weight excluding hydrogens is 446 g/mol. The molecule has 0 aliphatic carbocycles. The van der Waals surface area contributed by atoms with Crippen LogP contribution in [0.1, 0.15) is 63.8 Å². The molecule has 0 aliphatic rings. The molecule has 9 heteroatoms. The second-order valence-corrected chi connectivity index (χ2v) is 8.84. The summed E-state index contributed by atoms with van der Waals surface area (Å²) in [5.74, 6) is 1.48. The highest BCUT2D eigenvalue weighted by molar-refractivity contribution is 5.87. The number of nitrogens with zero attached hydrogens (tertiary/aromatic N) is 4. The number of methoxy groups -OCH3 is 1. The quantitative estimate of drug-likeness (QED) is 0.339. The van der Waals surface area contributed by atoms with Gasteiger partial charge in [-0.2, -0.15) is 0 Å². The lowest BCUT2D eigenvalue weighted by atomic mass is 10.0. The van der Waals surface area contributed by atoms with E-state index in [2.05, 4.69) is 20.5 Å². The highest BCUT2D eigenvalue weighted by Crippen LogP contribution is 2.30. The van der Waals surface area contributed by atoms with Gasteiger partial charge in [-0.05, 0) is 39.1 Å². The van der Waals surface area contributed by atoms with Crippen LogP contribution in [0.15, 0.2) is 34.7 Å². The third-order valence-corrected chi connectivity index (χ3v) is 5.82. The van der Waals surface area contributed by atoms with Gasteiger partial charge in [0.25, 0.3) is 5.89 Å². The van der Waals surface area contributed by atoms with E-state index in [1.807, 2.05) is 50.2 Å². The van der Waals surface area contributed by atoms with Crippen LogP contribution in [0.5, 0.6) is 5.75 Å². The second-order valence-electron chi connectivity index (χ2n) is 8.84. The van der Waals surface area contributed by atoms with Crippen molar-refractivity contribution in [1.82, 2.24) is 25.4 Å². The Kier molecular flexibility index (Phi) is 9.72. The minimum atomic E-state index is -0.407. The van der Waals surface area contributed by atoms with E-state index in [1.165, 1.54) is 0 Å². The zero-order chi connectivity index (χ0) is 25.2. The van der Waals surface area contributed by atoms with Crippen molar-refractivity contribution < 1.29 is 18.7 Å². The third kappa shape index (κ3) is 7.58. The van der Waals surface area contributed by atoms with Gasteiger partial charge in [0, 0.05) is 37.3 Å². The van der Waals surface area contributed by atoms with Gasteiger partial charge < -0.3 is 19.4 Å². The number of hydrogen-bond donors (Lipinski definition) is 1. The normalized spacial score (nSPS) is 12.1. The maximum atomic E-state index is 12.6. The maximum absolute atomic E-state index is 12.6. The van der Waals surface area contributed by atoms with Crippen LogP contribution < -0.4 is 10.1 Å². The van der Waals surface area contributed by atoms with Crippen LogP contribution in [0.3, 0.4) is 0 Å². The molecule has 0 fully saturated rings. The molecule has 1 N–H and O–H groups in total. The zero-order valence-corrected chi connectivity index (χ0v) is 21.0. The first-order valence-electron chi connectivity index (χ1n) is 12.1. The Bertz CT molecular complexity index is 1130. The average Bonchev–Trinajstić information content (AvgIpc) is 3.36. The Morgan fingerprint density at radius 2 is 1.91 bits per heavy atom.